The molecule has 1 fully saturated rings. The van der Waals surface area contributed by atoms with Crippen molar-refractivity contribution in [1.29, 1.82) is 0 Å². The number of nitrogens with one attached hydrogen (secondary N) is 1. The molecule has 0 radical (unpaired) electrons. The quantitative estimate of drug-likeness (QED) is 0.910. The van der Waals surface area contributed by atoms with Crippen molar-refractivity contribution in [2.24, 2.45) is 5.92 Å². The molecule has 1 saturated heterocycles. The van der Waals surface area contributed by atoms with Crippen LogP contribution >= 0.6 is 15.9 Å². The van der Waals surface area contributed by atoms with Crippen molar-refractivity contribution in [3.8, 4) is 5.75 Å². The molecule has 1 aliphatic heterocycles. The smallest absolute Gasteiger partial charge is 0.328 e. The van der Waals surface area contributed by atoms with Crippen LogP contribution in [0.4, 0.5) is 10.5 Å². The molecule has 96 valence electrons. The van der Waals surface area contributed by atoms with Crippen molar-refractivity contribution >= 4 is 33.6 Å². The van der Waals surface area contributed by atoms with Crippen molar-refractivity contribution in [3.05, 3.63) is 22.7 Å². The van der Waals surface area contributed by atoms with Crippen molar-refractivity contribution in [3.63, 3.8) is 0 Å². The second kappa shape index (κ2) is 4.97. The minimum Gasteiger partial charge on any atom is -0.495 e. The number of carbonyl (C=O) groups excluding carboxylic acids is 2. The van der Waals surface area contributed by atoms with Crippen molar-refractivity contribution in [2.45, 2.75) is 6.92 Å². The number of ether oxygens (including phenoxy) is 1. The van der Waals surface area contributed by atoms with Crippen LogP contribution in [-0.4, -0.2) is 25.6 Å². The number of hydrogen-bond donors (Lipinski definition) is 1. The van der Waals surface area contributed by atoms with Crippen LogP contribution in [0.2, 0.25) is 0 Å². The molecule has 6 heteroatoms. The zero-order valence-electron chi connectivity index (χ0n) is 10.1. The first-order valence-electron chi connectivity index (χ1n) is 5.49. The molecule has 0 aromatic heterocycles. The zero-order valence-corrected chi connectivity index (χ0v) is 11.7. The van der Waals surface area contributed by atoms with Gasteiger partial charge in [0.25, 0.3) is 0 Å². The average Bonchev–Trinajstić information content (AvgIpc) is 2.34. The number of rotatable bonds is 2. The highest BCUT2D eigenvalue weighted by atomic mass is 79.9. The summed E-state index contributed by atoms with van der Waals surface area (Å²) in [6.07, 6.45) is 0. The third-order valence-electron chi connectivity index (χ3n) is 2.81. The van der Waals surface area contributed by atoms with Gasteiger partial charge >= 0.3 is 6.03 Å². The number of nitrogens with zero attached hydrogens (tertiary/aromatic N) is 1. The van der Waals surface area contributed by atoms with Crippen LogP contribution in [0.5, 0.6) is 5.75 Å². The summed E-state index contributed by atoms with van der Waals surface area (Å²) in [5, 5.41) is 2.33. The van der Waals surface area contributed by atoms with Crippen LogP contribution < -0.4 is 15.0 Å². The zero-order chi connectivity index (χ0) is 13.3. The highest BCUT2D eigenvalue weighted by Gasteiger charge is 2.31. The number of anilines is 1. The van der Waals surface area contributed by atoms with Gasteiger partial charge in [-0.05, 0) is 18.2 Å². The number of urea groups is 1. The molecule has 1 N–H and O–H groups in total. The van der Waals surface area contributed by atoms with Gasteiger partial charge in [-0.2, -0.15) is 0 Å². The lowest BCUT2D eigenvalue weighted by Crippen LogP contribution is -2.54. The van der Waals surface area contributed by atoms with E-state index in [2.05, 4.69) is 21.2 Å². The summed E-state index contributed by atoms with van der Waals surface area (Å²) in [5.41, 5.74) is 0.642. The Labute approximate surface area is 113 Å². The molecule has 1 aromatic rings. The van der Waals surface area contributed by atoms with E-state index in [9.17, 15) is 9.59 Å². The molecule has 5 nitrogen and oxygen atoms in total. The fourth-order valence-corrected chi connectivity index (χ4v) is 2.17. The monoisotopic (exact) mass is 312 g/mol. The largest absolute Gasteiger partial charge is 0.495 e. The molecular weight excluding hydrogens is 300 g/mol. The van der Waals surface area contributed by atoms with Crippen molar-refractivity contribution in [1.82, 2.24) is 5.32 Å². The van der Waals surface area contributed by atoms with E-state index in [1.165, 1.54) is 4.90 Å². The molecule has 0 saturated carbocycles. The first kappa shape index (κ1) is 12.9. The van der Waals surface area contributed by atoms with Crippen molar-refractivity contribution < 1.29 is 14.3 Å². The fourth-order valence-electron chi connectivity index (χ4n) is 1.82. The Hall–Kier alpha value is -1.56. The van der Waals surface area contributed by atoms with Crippen LogP contribution in [0.25, 0.3) is 0 Å². The molecule has 1 atom stereocenters. The van der Waals surface area contributed by atoms with Gasteiger partial charge in [0.05, 0.1) is 18.7 Å². The van der Waals surface area contributed by atoms with Crippen molar-refractivity contribution in [2.75, 3.05) is 18.6 Å². The number of halogens is 1. The first-order valence-corrected chi connectivity index (χ1v) is 6.28. The molecular formula is C12H13BrN2O3. The Morgan fingerprint density at radius 1 is 1.44 bits per heavy atom. The number of imide groups is 1. The number of benzene rings is 1. The molecule has 1 heterocycles. The number of methoxy groups -OCH3 is 1. The maximum absolute atomic E-state index is 11.9. The van der Waals surface area contributed by atoms with Crippen LogP contribution in [0, 0.1) is 5.92 Å². The molecule has 2 rings (SSSR count). The molecule has 0 spiro atoms. The summed E-state index contributed by atoms with van der Waals surface area (Å²) >= 11 is 3.36. The minimum atomic E-state index is -0.422. The van der Waals surface area contributed by atoms with Gasteiger partial charge in [0, 0.05) is 11.0 Å². The number of carbonyl (C=O) groups is 2. The van der Waals surface area contributed by atoms with Crippen LogP contribution in [-0.2, 0) is 4.79 Å². The fraction of sp³-hybridized carbons (Fsp3) is 0.333. The van der Waals surface area contributed by atoms with E-state index >= 15 is 0 Å². The van der Waals surface area contributed by atoms with Gasteiger partial charge in [0.1, 0.15) is 5.75 Å². The lowest BCUT2D eigenvalue weighted by atomic mass is 10.1. The lowest BCUT2D eigenvalue weighted by Gasteiger charge is -2.31. The SMILES string of the molecule is COc1ccc(Br)cc1N1CC(C)C(=O)NC1=O. The second-order valence-electron chi connectivity index (χ2n) is 4.12. The standard InChI is InChI=1S/C12H13BrN2O3/c1-7-6-15(12(17)14-11(7)16)9-5-8(13)3-4-10(9)18-2/h3-5,7H,6H2,1-2H3,(H,14,16,17). The Balaban J connectivity index is 2.38. The van der Waals surface area contributed by atoms with Gasteiger partial charge in [0.2, 0.25) is 5.91 Å². The van der Waals surface area contributed by atoms with Gasteiger partial charge < -0.3 is 4.74 Å². The Morgan fingerprint density at radius 3 is 2.83 bits per heavy atom. The molecule has 1 aliphatic rings. The van der Waals surface area contributed by atoms with E-state index < -0.39 is 6.03 Å². The van der Waals surface area contributed by atoms with E-state index in [4.69, 9.17) is 4.74 Å². The van der Waals surface area contributed by atoms with E-state index in [0.717, 1.165) is 4.47 Å². The first-order chi connectivity index (χ1) is 8.52. The van der Waals surface area contributed by atoms with Gasteiger partial charge in [0.15, 0.2) is 0 Å². The minimum absolute atomic E-state index is 0.244. The van der Waals surface area contributed by atoms with Gasteiger partial charge in [-0.15, -0.1) is 0 Å². The second-order valence-corrected chi connectivity index (χ2v) is 5.04. The molecule has 1 aromatic carbocycles. The molecule has 0 bridgehead atoms. The normalized spacial score (nSPS) is 19.7. The predicted octanol–water partition coefficient (Wildman–Crippen LogP) is 2.15. The Bertz CT molecular complexity index is 504. The van der Waals surface area contributed by atoms with Gasteiger partial charge in [-0.3, -0.25) is 15.0 Å². The summed E-state index contributed by atoms with van der Waals surface area (Å²) < 4.78 is 6.08. The maximum atomic E-state index is 11.9. The molecule has 18 heavy (non-hydrogen) atoms. The lowest BCUT2D eigenvalue weighted by molar-refractivity contribution is -0.123. The Kier molecular flexibility index (Phi) is 3.56. The van der Waals surface area contributed by atoms with Crippen LogP contribution in [0.1, 0.15) is 6.92 Å². The summed E-state index contributed by atoms with van der Waals surface area (Å²) in [4.78, 5) is 24.8. The van der Waals surface area contributed by atoms with Crippen LogP contribution in [0.15, 0.2) is 22.7 Å². The number of hydrogen-bond acceptors (Lipinski definition) is 3. The van der Waals surface area contributed by atoms with Gasteiger partial charge in [-0.25, -0.2) is 4.79 Å². The molecule has 3 amide bonds. The molecule has 0 aliphatic carbocycles. The summed E-state index contributed by atoms with van der Waals surface area (Å²) in [5.74, 6) is 0.103. The van der Waals surface area contributed by atoms with E-state index in [0.29, 0.717) is 18.0 Å². The summed E-state index contributed by atoms with van der Waals surface area (Å²) in [6.45, 7) is 2.12. The van der Waals surface area contributed by atoms with E-state index in [1.54, 1.807) is 26.2 Å². The highest BCUT2D eigenvalue weighted by molar-refractivity contribution is 9.10. The average molecular weight is 313 g/mol. The third-order valence-corrected chi connectivity index (χ3v) is 3.30. The van der Waals surface area contributed by atoms with Crippen LogP contribution in [0.3, 0.4) is 0 Å². The van der Waals surface area contributed by atoms with E-state index in [1.807, 2.05) is 6.07 Å². The highest BCUT2D eigenvalue weighted by Crippen LogP contribution is 2.32. The Morgan fingerprint density at radius 2 is 2.17 bits per heavy atom. The predicted molar refractivity (Wildman–Crippen MR) is 70.7 cm³/mol. The summed E-state index contributed by atoms with van der Waals surface area (Å²) in [6, 6.07) is 4.97. The number of amides is 3. The topological polar surface area (TPSA) is 58.6 Å². The third kappa shape index (κ3) is 2.33. The van der Waals surface area contributed by atoms with E-state index in [-0.39, 0.29) is 11.8 Å². The molecule has 1 unspecified atom stereocenters. The van der Waals surface area contributed by atoms with Gasteiger partial charge in [-0.1, -0.05) is 22.9 Å². The maximum Gasteiger partial charge on any atom is 0.328 e. The summed E-state index contributed by atoms with van der Waals surface area (Å²) in [7, 11) is 1.54.